The summed E-state index contributed by atoms with van der Waals surface area (Å²) in [6.45, 7) is 3.53. The van der Waals surface area contributed by atoms with Crippen molar-refractivity contribution in [1.82, 2.24) is 10.0 Å². The lowest BCUT2D eigenvalue weighted by atomic mass is 10.1. The SMILES string of the molecule is C[C@@H](NC(=O)COc1ccc(S(=O)(=O)N[C@H](C)c2ccccc2)cc1)c1ccccc1. The van der Waals surface area contributed by atoms with E-state index >= 15 is 0 Å². The van der Waals surface area contributed by atoms with Gasteiger partial charge >= 0.3 is 0 Å². The molecular weight excluding hydrogens is 412 g/mol. The molecule has 3 rings (SSSR count). The van der Waals surface area contributed by atoms with Crippen LogP contribution in [-0.4, -0.2) is 20.9 Å². The molecule has 3 aromatic carbocycles. The molecule has 0 fully saturated rings. The molecule has 7 heteroatoms. The number of hydrogen-bond acceptors (Lipinski definition) is 4. The third-order valence-corrected chi connectivity index (χ3v) is 6.37. The number of sulfonamides is 1. The summed E-state index contributed by atoms with van der Waals surface area (Å²) < 4.78 is 33.4. The van der Waals surface area contributed by atoms with Gasteiger partial charge in [-0.15, -0.1) is 0 Å². The van der Waals surface area contributed by atoms with Gasteiger partial charge in [0.05, 0.1) is 10.9 Å². The summed E-state index contributed by atoms with van der Waals surface area (Å²) in [6.07, 6.45) is 0. The van der Waals surface area contributed by atoms with Crippen molar-refractivity contribution in [3.05, 3.63) is 96.1 Å². The van der Waals surface area contributed by atoms with Gasteiger partial charge in [0.25, 0.3) is 5.91 Å². The molecule has 3 aromatic rings. The third kappa shape index (κ3) is 6.41. The van der Waals surface area contributed by atoms with Crippen molar-refractivity contribution in [3.8, 4) is 5.75 Å². The largest absolute Gasteiger partial charge is 0.484 e. The van der Waals surface area contributed by atoms with Crippen molar-refractivity contribution in [2.45, 2.75) is 30.8 Å². The molecular formula is C24H26N2O4S. The Morgan fingerprint density at radius 2 is 1.32 bits per heavy atom. The van der Waals surface area contributed by atoms with Crippen LogP contribution in [0.4, 0.5) is 0 Å². The minimum Gasteiger partial charge on any atom is -0.484 e. The highest BCUT2D eigenvalue weighted by Crippen LogP contribution is 2.19. The van der Waals surface area contributed by atoms with E-state index in [9.17, 15) is 13.2 Å². The quantitative estimate of drug-likeness (QED) is 0.529. The standard InChI is InChI=1S/C24H26N2O4S/c1-18(20-9-5-3-6-10-20)25-24(27)17-30-22-13-15-23(16-14-22)31(28,29)26-19(2)21-11-7-4-8-12-21/h3-16,18-19,26H,17H2,1-2H3,(H,25,27)/t18-,19-/m1/s1. The van der Waals surface area contributed by atoms with Crippen molar-refractivity contribution in [2.75, 3.05) is 6.61 Å². The molecule has 0 bridgehead atoms. The second-order valence-corrected chi connectivity index (χ2v) is 8.93. The molecule has 0 heterocycles. The number of nitrogens with one attached hydrogen (secondary N) is 2. The lowest BCUT2D eigenvalue weighted by Crippen LogP contribution is -2.31. The Morgan fingerprint density at radius 1 is 0.806 bits per heavy atom. The molecule has 31 heavy (non-hydrogen) atoms. The maximum absolute atomic E-state index is 12.6. The molecule has 0 radical (unpaired) electrons. The first-order chi connectivity index (χ1) is 14.8. The molecule has 162 valence electrons. The molecule has 6 nitrogen and oxygen atoms in total. The zero-order chi connectivity index (χ0) is 22.3. The highest BCUT2D eigenvalue weighted by atomic mass is 32.2. The molecule has 2 atom stereocenters. The Morgan fingerprint density at radius 3 is 1.87 bits per heavy atom. The topological polar surface area (TPSA) is 84.5 Å². The van der Waals surface area contributed by atoms with Gasteiger partial charge in [-0.1, -0.05) is 60.7 Å². The molecule has 2 N–H and O–H groups in total. The van der Waals surface area contributed by atoms with Crippen LogP contribution in [-0.2, 0) is 14.8 Å². The van der Waals surface area contributed by atoms with Crippen molar-refractivity contribution >= 4 is 15.9 Å². The summed E-state index contributed by atoms with van der Waals surface area (Å²) in [4.78, 5) is 12.3. The van der Waals surface area contributed by atoms with Crippen LogP contribution in [0.5, 0.6) is 5.75 Å². The Labute approximate surface area is 183 Å². The Balaban J connectivity index is 1.54. The first kappa shape index (κ1) is 22.5. The normalized spacial score (nSPS) is 13.2. The van der Waals surface area contributed by atoms with Crippen LogP contribution < -0.4 is 14.8 Å². The van der Waals surface area contributed by atoms with E-state index in [2.05, 4.69) is 10.0 Å². The van der Waals surface area contributed by atoms with E-state index in [0.29, 0.717) is 5.75 Å². The fraction of sp³-hybridized carbons (Fsp3) is 0.208. The molecule has 0 aliphatic rings. The van der Waals surface area contributed by atoms with Crippen LogP contribution >= 0.6 is 0 Å². The molecule has 0 saturated heterocycles. The zero-order valence-electron chi connectivity index (χ0n) is 17.5. The zero-order valence-corrected chi connectivity index (χ0v) is 18.3. The number of rotatable bonds is 9. The summed E-state index contributed by atoms with van der Waals surface area (Å²) >= 11 is 0. The predicted octanol–water partition coefficient (Wildman–Crippen LogP) is 3.98. The van der Waals surface area contributed by atoms with E-state index in [1.54, 1.807) is 6.92 Å². The van der Waals surface area contributed by atoms with Crippen molar-refractivity contribution in [2.24, 2.45) is 0 Å². The molecule has 1 amide bonds. The monoisotopic (exact) mass is 438 g/mol. The van der Waals surface area contributed by atoms with Crippen LogP contribution in [0.3, 0.4) is 0 Å². The Bertz CT molecular complexity index is 1090. The summed E-state index contributed by atoms with van der Waals surface area (Å²) in [5.41, 5.74) is 1.88. The number of benzene rings is 3. The maximum Gasteiger partial charge on any atom is 0.258 e. The van der Waals surface area contributed by atoms with Crippen LogP contribution in [0.1, 0.15) is 37.1 Å². The molecule has 0 spiro atoms. The summed E-state index contributed by atoms with van der Waals surface area (Å²) in [5, 5.41) is 2.87. The fourth-order valence-electron chi connectivity index (χ4n) is 3.08. The molecule has 0 aliphatic heterocycles. The predicted molar refractivity (Wildman–Crippen MR) is 120 cm³/mol. The summed E-state index contributed by atoms with van der Waals surface area (Å²) in [5.74, 6) is 0.156. The second-order valence-electron chi connectivity index (χ2n) is 7.21. The van der Waals surface area contributed by atoms with Crippen LogP contribution in [0.2, 0.25) is 0 Å². The van der Waals surface area contributed by atoms with Gasteiger partial charge in [-0.3, -0.25) is 4.79 Å². The molecule has 0 aromatic heterocycles. The average molecular weight is 439 g/mol. The van der Waals surface area contributed by atoms with Crippen LogP contribution in [0.15, 0.2) is 89.8 Å². The first-order valence-electron chi connectivity index (χ1n) is 9.99. The smallest absolute Gasteiger partial charge is 0.258 e. The first-order valence-corrected chi connectivity index (χ1v) is 11.5. The summed E-state index contributed by atoms with van der Waals surface area (Å²) in [6, 6.07) is 24.5. The molecule has 0 saturated carbocycles. The second kappa shape index (κ2) is 10.2. The van der Waals surface area contributed by atoms with Gasteiger partial charge in [0.2, 0.25) is 10.0 Å². The number of carbonyl (C=O) groups is 1. The van der Waals surface area contributed by atoms with Crippen molar-refractivity contribution in [1.29, 1.82) is 0 Å². The number of carbonyl (C=O) groups excluding carboxylic acids is 1. The van der Waals surface area contributed by atoms with E-state index in [1.807, 2.05) is 67.6 Å². The van der Waals surface area contributed by atoms with Gasteiger partial charge < -0.3 is 10.1 Å². The van der Waals surface area contributed by atoms with E-state index < -0.39 is 10.0 Å². The maximum atomic E-state index is 12.6. The highest BCUT2D eigenvalue weighted by molar-refractivity contribution is 7.89. The van der Waals surface area contributed by atoms with E-state index in [1.165, 1.54) is 24.3 Å². The number of hydrogen-bond donors (Lipinski definition) is 2. The van der Waals surface area contributed by atoms with Crippen molar-refractivity contribution in [3.63, 3.8) is 0 Å². The Hall–Kier alpha value is -3.16. The van der Waals surface area contributed by atoms with E-state index in [0.717, 1.165) is 11.1 Å². The highest BCUT2D eigenvalue weighted by Gasteiger charge is 2.18. The lowest BCUT2D eigenvalue weighted by Gasteiger charge is -2.15. The van der Waals surface area contributed by atoms with Gasteiger partial charge in [-0.2, -0.15) is 0 Å². The van der Waals surface area contributed by atoms with E-state index in [-0.39, 0.29) is 29.5 Å². The van der Waals surface area contributed by atoms with Gasteiger partial charge in [-0.25, -0.2) is 13.1 Å². The Kier molecular flexibility index (Phi) is 7.44. The van der Waals surface area contributed by atoms with Crippen LogP contribution in [0, 0.1) is 0 Å². The van der Waals surface area contributed by atoms with Gasteiger partial charge in [0.15, 0.2) is 6.61 Å². The molecule has 0 aliphatic carbocycles. The average Bonchev–Trinajstić information content (AvgIpc) is 2.79. The van der Waals surface area contributed by atoms with E-state index in [4.69, 9.17) is 4.74 Å². The minimum absolute atomic E-state index is 0.129. The van der Waals surface area contributed by atoms with Crippen LogP contribution in [0.25, 0.3) is 0 Å². The third-order valence-electron chi connectivity index (χ3n) is 4.81. The van der Waals surface area contributed by atoms with Crippen molar-refractivity contribution < 1.29 is 17.9 Å². The molecule has 0 unspecified atom stereocenters. The van der Waals surface area contributed by atoms with Gasteiger partial charge in [0, 0.05) is 6.04 Å². The van der Waals surface area contributed by atoms with Gasteiger partial charge in [-0.05, 0) is 49.2 Å². The van der Waals surface area contributed by atoms with Gasteiger partial charge in [0.1, 0.15) is 5.75 Å². The minimum atomic E-state index is -3.69. The lowest BCUT2D eigenvalue weighted by molar-refractivity contribution is -0.123. The number of amides is 1. The fourth-order valence-corrected chi connectivity index (χ4v) is 4.31. The summed E-state index contributed by atoms with van der Waals surface area (Å²) in [7, 11) is -3.69. The number of ether oxygens (including phenoxy) is 1.